The molecule has 1 aromatic carbocycles. The van der Waals surface area contributed by atoms with Crippen LogP contribution in [0.1, 0.15) is 18.4 Å². The molecule has 1 aliphatic carbocycles. The van der Waals surface area contributed by atoms with E-state index in [-0.39, 0.29) is 6.61 Å². The van der Waals surface area contributed by atoms with Crippen LogP contribution in [0.3, 0.4) is 0 Å². The van der Waals surface area contributed by atoms with Crippen LogP contribution in [0, 0.1) is 5.92 Å². The average Bonchev–Trinajstić information content (AvgIpc) is 2.79. The van der Waals surface area contributed by atoms with Crippen molar-refractivity contribution in [3.8, 4) is 0 Å². The van der Waals surface area contributed by atoms with E-state index in [4.69, 9.17) is 0 Å². The van der Waals surface area contributed by atoms with Crippen molar-refractivity contribution in [3.63, 3.8) is 0 Å². The highest BCUT2D eigenvalue weighted by molar-refractivity contribution is 5.66. The van der Waals surface area contributed by atoms with Crippen LogP contribution in [0.25, 0.3) is 0 Å². The maximum absolute atomic E-state index is 13.4. The Labute approximate surface area is 92.2 Å². The van der Waals surface area contributed by atoms with E-state index in [1.807, 2.05) is 0 Å². The molecule has 0 aromatic heterocycles. The molecule has 16 heavy (non-hydrogen) atoms. The maximum Gasteiger partial charge on any atom is 0.302 e. The predicted octanol–water partition coefficient (Wildman–Crippen LogP) is 2.60. The second-order valence-electron chi connectivity index (χ2n) is 3.97. The molecule has 0 aliphatic heterocycles. The number of carbonyl (C=O) groups is 1. The molecule has 1 fully saturated rings. The molecule has 1 aliphatic rings. The zero-order chi connectivity index (χ0) is 11.8. The van der Waals surface area contributed by atoms with Crippen LogP contribution in [0.15, 0.2) is 30.3 Å². The Kier molecular flexibility index (Phi) is 2.66. The minimum Gasteiger partial charge on any atom is -0.465 e. The van der Waals surface area contributed by atoms with Crippen LogP contribution in [0.2, 0.25) is 0 Å². The number of esters is 1. The van der Waals surface area contributed by atoms with Gasteiger partial charge in [-0.25, -0.2) is 8.78 Å². The van der Waals surface area contributed by atoms with Gasteiger partial charge in [0.15, 0.2) is 0 Å². The van der Waals surface area contributed by atoms with E-state index in [0.717, 1.165) is 0 Å². The molecular weight excluding hydrogens is 214 g/mol. The van der Waals surface area contributed by atoms with Gasteiger partial charge >= 0.3 is 5.97 Å². The summed E-state index contributed by atoms with van der Waals surface area (Å²) in [5.41, 5.74) is 0.602. The third-order valence-corrected chi connectivity index (χ3v) is 2.83. The van der Waals surface area contributed by atoms with Gasteiger partial charge in [0.2, 0.25) is 0 Å². The summed E-state index contributed by atoms with van der Waals surface area (Å²) in [6.07, 6.45) is 0. The molecule has 2 nitrogen and oxygen atoms in total. The van der Waals surface area contributed by atoms with Gasteiger partial charge in [0.05, 0.1) is 11.8 Å². The average molecular weight is 226 g/mol. The zero-order valence-corrected chi connectivity index (χ0v) is 8.82. The normalized spacial score (nSPS) is 26.2. The minimum absolute atomic E-state index is 0.206. The molecule has 0 spiro atoms. The summed E-state index contributed by atoms with van der Waals surface area (Å²) in [6, 6.07) is 8.59. The lowest BCUT2D eigenvalue weighted by atomic mass is 10.1. The first-order chi connectivity index (χ1) is 7.53. The summed E-state index contributed by atoms with van der Waals surface area (Å²) in [7, 11) is 0. The Hall–Kier alpha value is -1.45. The van der Waals surface area contributed by atoms with Crippen molar-refractivity contribution in [1.82, 2.24) is 0 Å². The first kappa shape index (κ1) is 11.0. The standard InChI is InChI=1S/C12H12F2O2/c1-8(15)16-7-10-11(12(10,13)14)9-5-3-2-4-6-9/h2-6,10-11H,7H2,1H3. The molecular formula is C12H12F2O2. The zero-order valence-electron chi connectivity index (χ0n) is 8.82. The molecule has 2 atom stereocenters. The van der Waals surface area contributed by atoms with E-state index in [0.29, 0.717) is 5.56 Å². The lowest BCUT2D eigenvalue weighted by Crippen LogP contribution is -2.06. The van der Waals surface area contributed by atoms with Crippen molar-refractivity contribution in [1.29, 1.82) is 0 Å². The van der Waals surface area contributed by atoms with Crippen LogP contribution in [0.5, 0.6) is 0 Å². The summed E-state index contributed by atoms with van der Waals surface area (Å²) in [5, 5.41) is 0. The van der Waals surface area contributed by atoms with E-state index in [9.17, 15) is 13.6 Å². The Bertz CT molecular complexity index is 389. The van der Waals surface area contributed by atoms with Crippen molar-refractivity contribution in [3.05, 3.63) is 35.9 Å². The first-order valence-electron chi connectivity index (χ1n) is 5.09. The van der Waals surface area contributed by atoms with Crippen molar-refractivity contribution in [2.45, 2.75) is 18.8 Å². The molecule has 4 heteroatoms. The van der Waals surface area contributed by atoms with Crippen LogP contribution < -0.4 is 0 Å². The van der Waals surface area contributed by atoms with Crippen LogP contribution in [-0.4, -0.2) is 18.5 Å². The van der Waals surface area contributed by atoms with Gasteiger partial charge in [-0.15, -0.1) is 0 Å². The smallest absolute Gasteiger partial charge is 0.302 e. The van der Waals surface area contributed by atoms with Gasteiger partial charge in [0.1, 0.15) is 6.61 Å². The van der Waals surface area contributed by atoms with Crippen molar-refractivity contribution >= 4 is 5.97 Å². The largest absolute Gasteiger partial charge is 0.465 e. The monoisotopic (exact) mass is 226 g/mol. The van der Waals surface area contributed by atoms with Gasteiger partial charge in [-0.2, -0.15) is 0 Å². The molecule has 0 bridgehead atoms. The fourth-order valence-corrected chi connectivity index (χ4v) is 1.92. The predicted molar refractivity (Wildman–Crippen MR) is 54.3 cm³/mol. The first-order valence-corrected chi connectivity index (χ1v) is 5.09. The highest BCUT2D eigenvalue weighted by atomic mass is 19.3. The maximum atomic E-state index is 13.4. The molecule has 2 rings (SSSR count). The van der Waals surface area contributed by atoms with Gasteiger partial charge in [-0.3, -0.25) is 4.79 Å². The van der Waals surface area contributed by atoms with E-state index in [2.05, 4.69) is 4.74 Å². The molecule has 0 radical (unpaired) electrons. The second-order valence-corrected chi connectivity index (χ2v) is 3.97. The highest BCUT2D eigenvalue weighted by Gasteiger charge is 2.69. The van der Waals surface area contributed by atoms with E-state index >= 15 is 0 Å². The Morgan fingerprint density at radius 1 is 1.38 bits per heavy atom. The Balaban J connectivity index is 2.05. The number of hydrogen-bond acceptors (Lipinski definition) is 2. The minimum atomic E-state index is -2.75. The highest BCUT2D eigenvalue weighted by Crippen LogP contribution is 2.61. The molecule has 0 saturated heterocycles. The number of benzene rings is 1. The fraction of sp³-hybridized carbons (Fsp3) is 0.417. The van der Waals surface area contributed by atoms with Crippen LogP contribution in [-0.2, 0) is 9.53 Å². The van der Waals surface area contributed by atoms with E-state index < -0.39 is 23.7 Å². The fourth-order valence-electron chi connectivity index (χ4n) is 1.92. The van der Waals surface area contributed by atoms with Gasteiger partial charge in [-0.05, 0) is 5.56 Å². The summed E-state index contributed by atoms with van der Waals surface area (Å²) in [5.74, 6) is -4.96. The van der Waals surface area contributed by atoms with Gasteiger partial charge in [0.25, 0.3) is 5.92 Å². The quantitative estimate of drug-likeness (QED) is 0.740. The van der Waals surface area contributed by atoms with Crippen molar-refractivity contribution in [2.75, 3.05) is 6.61 Å². The number of ether oxygens (including phenoxy) is 1. The number of hydrogen-bond donors (Lipinski definition) is 0. The van der Waals surface area contributed by atoms with E-state index in [1.54, 1.807) is 30.3 Å². The van der Waals surface area contributed by atoms with Gasteiger partial charge in [-0.1, -0.05) is 30.3 Å². The lowest BCUT2D eigenvalue weighted by Gasteiger charge is -1.99. The third kappa shape index (κ3) is 1.92. The molecule has 0 heterocycles. The summed E-state index contributed by atoms with van der Waals surface area (Å²) < 4.78 is 31.4. The van der Waals surface area contributed by atoms with Gasteiger partial charge in [0, 0.05) is 6.92 Å². The molecule has 0 N–H and O–H groups in total. The van der Waals surface area contributed by atoms with Gasteiger partial charge < -0.3 is 4.74 Å². The summed E-state index contributed by atoms with van der Waals surface area (Å²) >= 11 is 0. The Morgan fingerprint density at radius 2 is 2.00 bits per heavy atom. The van der Waals surface area contributed by atoms with Crippen LogP contribution >= 0.6 is 0 Å². The summed E-state index contributed by atoms with van der Waals surface area (Å²) in [6.45, 7) is 1.01. The molecule has 1 aromatic rings. The topological polar surface area (TPSA) is 26.3 Å². The second kappa shape index (κ2) is 3.85. The molecule has 1 saturated carbocycles. The van der Waals surface area contributed by atoms with E-state index in [1.165, 1.54) is 6.92 Å². The molecule has 2 unspecified atom stereocenters. The van der Waals surface area contributed by atoms with Crippen molar-refractivity contribution in [2.24, 2.45) is 5.92 Å². The third-order valence-electron chi connectivity index (χ3n) is 2.83. The SMILES string of the molecule is CC(=O)OCC1C(c2ccccc2)C1(F)F. The number of carbonyl (C=O) groups excluding carboxylic acids is 1. The number of rotatable bonds is 3. The van der Waals surface area contributed by atoms with Crippen molar-refractivity contribution < 1.29 is 18.3 Å². The Morgan fingerprint density at radius 3 is 2.56 bits per heavy atom. The lowest BCUT2D eigenvalue weighted by molar-refractivity contribution is -0.142. The molecule has 0 amide bonds. The number of alkyl halides is 2. The summed E-state index contributed by atoms with van der Waals surface area (Å²) in [4.78, 5) is 10.6. The van der Waals surface area contributed by atoms with Crippen LogP contribution in [0.4, 0.5) is 8.78 Å². The number of halogens is 2. The molecule has 86 valence electrons.